The molecule has 0 spiro atoms. The third-order valence-electron chi connectivity index (χ3n) is 4.42. The molecule has 1 aromatic carbocycles. The minimum absolute atomic E-state index is 0.111. The van der Waals surface area contributed by atoms with Crippen LogP contribution in [0.1, 0.15) is 12.0 Å². The fourth-order valence-corrected chi connectivity index (χ4v) is 3.32. The summed E-state index contributed by atoms with van der Waals surface area (Å²) in [4.78, 5) is 16.7. The molecule has 9 heteroatoms. The van der Waals surface area contributed by atoms with E-state index in [0.717, 1.165) is 51.4 Å². The van der Waals surface area contributed by atoms with Gasteiger partial charge in [0.2, 0.25) is 0 Å². The topological polar surface area (TPSA) is 51.5 Å². The average Bonchev–Trinajstić information content (AvgIpc) is 2.57. The zero-order chi connectivity index (χ0) is 18.0. The first-order valence-electron chi connectivity index (χ1n) is 8.11. The van der Waals surface area contributed by atoms with E-state index in [0.29, 0.717) is 6.54 Å². The lowest BCUT2D eigenvalue weighted by Crippen LogP contribution is -3.14. The lowest BCUT2D eigenvalue weighted by molar-refractivity contribution is -0.908. The van der Waals surface area contributed by atoms with Crippen LogP contribution >= 0.6 is 12.2 Å². The molecule has 1 aliphatic heterocycles. The molecule has 2 heterocycles. The molecule has 1 aliphatic rings. The van der Waals surface area contributed by atoms with Gasteiger partial charge in [-0.3, -0.25) is 9.36 Å². The van der Waals surface area contributed by atoms with Gasteiger partial charge in [0.1, 0.15) is 13.1 Å². The van der Waals surface area contributed by atoms with Crippen LogP contribution in [0.3, 0.4) is 0 Å². The molecule has 2 aromatic rings. The number of nitrogens with zero attached hydrogens (tertiary/aromatic N) is 1. The largest absolute Gasteiger partial charge is 0.416 e. The zero-order valence-electron chi connectivity index (χ0n) is 13.5. The molecule has 1 fully saturated rings. The number of ether oxygens (including phenoxy) is 1. The number of fused-ring (bicyclic) bond motifs is 1. The quantitative estimate of drug-likeness (QED) is 0.796. The molecule has 3 rings (SSSR count). The van der Waals surface area contributed by atoms with E-state index in [-0.39, 0.29) is 21.2 Å². The molecule has 0 radical (unpaired) electrons. The standard InChI is InChI=1S/C16H18F3N3O2S/c17-16(18,19)11-2-3-12-13(10-11)20-15(25)22(14(12)23)5-1-4-21-6-8-24-9-7-21/h2-3,10H,1,4-9H2,(H,20,25)/p+1. The van der Waals surface area contributed by atoms with Gasteiger partial charge in [0.15, 0.2) is 4.77 Å². The fourth-order valence-electron chi connectivity index (χ4n) is 3.03. The molecule has 5 nitrogen and oxygen atoms in total. The first-order valence-corrected chi connectivity index (χ1v) is 8.52. The van der Waals surface area contributed by atoms with E-state index in [1.54, 1.807) is 0 Å². The van der Waals surface area contributed by atoms with E-state index in [1.165, 1.54) is 15.5 Å². The Hall–Kier alpha value is -1.71. The Morgan fingerprint density at radius 3 is 2.68 bits per heavy atom. The van der Waals surface area contributed by atoms with E-state index in [9.17, 15) is 18.0 Å². The number of halogens is 3. The van der Waals surface area contributed by atoms with Crippen LogP contribution in [0.4, 0.5) is 13.2 Å². The van der Waals surface area contributed by atoms with Crippen LogP contribution in [0.5, 0.6) is 0 Å². The Balaban J connectivity index is 1.81. The second kappa shape index (κ2) is 7.27. The number of H-pyrrole nitrogens is 1. The van der Waals surface area contributed by atoms with Crippen molar-refractivity contribution >= 4 is 23.1 Å². The number of hydrogen-bond donors (Lipinski definition) is 2. The lowest BCUT2D eigenvalue weighted by atomic mass is 10.1. The van der Waals surface area contributed by atoms with Crippen molar-refractivity contribution in [2.45, 2.75) is 19.1 Å². The number of quaternary nitrogens is 1. The number of morpholine rings is 1. The van der Waals surface area contributed by atoms with Gasteiger partial charge in [-0.25, -0.2) is 0 Å². The summed E-state index contributed by atoms with van der Waals surface area (Å²) in [5, 5.41) is 0.209. The van der Waals surface area contributed by atoms with E-state index >= 15 is 0 Å². The van der Waals surface area contributed by atoms with Gasteiger partial charge in [0, 0.05) is 13.0 Å². The van der Waals surface area contributed by atoms with Crippen LogP contribution in [-0.2, 0) is 17.5 Å². The maximum Gasteiger partial charge on any atom is 0.416 e. The summed E-state index contributed by atoms with van der Waals surface area (Å²) in [6, 6.07) is 3.05. The molecular weight excluding hydrogens is 355 g/mol. The molecular formula is C16H19F3N3O2S+. The Kier molecular flexibility index (Phi) is 5.26. The van der Waals surface area contributed by atoms with Crippen LogP contribution in [-0.4, -0.2) is 42.4 Å². The van der Waals surface area contributed by atoms with Gasteiger partial charge < -0.3 is 14.6 Å². The summed E-state index contributed by atoms with van der Waals surface area (Å²) in [5.74, 6) is 0. The van der Waals surface area contributed by atoms with E-state index < -0.39 is 11.7 Å². The molecule has 25 heavy (non-hydrogen) atoms. The maximum atomic E-state index is 12.8. The van der Waals surface area contributed by atoms with Crippen molar-refractivity contribution in [2.75, 3.05) is 32.8 Å². The summed E-state index contributed by atoms with van der Waals surface area (Å²) in [6.07, 6.45) is -3.70. The normalized spacial score (nSPS) is 16.4. The first kappa shape index (κ1) is 18.1. The van der Waals surface area contributed by atoms with Crippen molar-refractivity contribution in [3.8, 4) is 0 Å². The van der Waals surface area contributed by atoms with Crippen molar-refractivity contribution in [1.29, 1.82) is 0 Å². The van der Waals surface area contributed by atoms with E-state index in [1.807, 2.05) is 0 Å². The monoisotopic (exact) mass is 374 g/mol. The van der Waals surface area contributed by atoms with Gasteiger partial charge in [-0.15, -0.1) is 0 Å². The summed E-state index contributed by atoms with van der Waals surface area (Å²) in [6.45, 7) is 4.71. The predicted octanol–water partition coefficient (Wildman–Crippen LogP) is 1.38. The zero-order valence-corrected chi connectivity index (χ0v) is 14.3. The van der Waals surface area contributed by atoms with Crippen LogP contribution in [0.25, 0.3) is 10.9 Å². The first-order chi connectivity index (χ1) is 11.9. The van der Waals surface area contributed by atoms with Gasteiger partial charge >= 0.3 is 6.18 Å². The van der Waals surface area contributed by atoms with Crippen molar-refractivity contribution in [3.05, 3.63) is 38.9 Å². The summed E-state index contributed by atoms with van der Waals surface area (Å²) in [7, 11) is 0. The molecule has 2 N–H and O–H groups in total. The van der Waals surface area contributed by atoms with Crippen molar-refractivity contribution in [3.63, 3.8) is 0 Å². The molecule has 136 valence electrons. The van der Waals surface area contributed by atoms with Crippen LogP contribution < -0.4 is 10.5 Å². The van der Waals surface area contributed by atoms with Crippen molar-refractivity contribution < 1.29 is 22.8 Å². The minimum Gasteiger partial charge on any atom is -0.370 e. The third-order valence-corrected chi connectivity index (χ3v) is 4.74. The number of aromatic amines is 1. The summed E-state index contributed by atoms with van der Waals surface area (Å²) >= 11 is 5.17. The molecule has 0 aliphatic carbocycles. The molecule has 1 aromatic heterocycles. The van der Waals surface area contributed by atoms with Crippen molar-refractivity contribution in [2.24, 2.45) is 0 Å². The van der Waals surface area contributed by atoms with Gasteiger partial charge in [0.25, 0.3) is 5.56 Å². The number of alkyl halides is 3. The van der Waals surface area contributed by atoms with Crippen LogP contribution in [0.15, 0.2) is 23.0 Å². The highest BCUT2D eigenvalue weighted by Crippen LogP contribution is 2.30. The fraction of sp³-hybridized carbons (Fsp3) is 0.500. The number of benzene rings is 1. The van der Waals surface area contributed by atoms with Gasteiger partial charge in [-0.2, -0.15) is 13.2 Å². The maximum absolute atomic E-state index is 12.8. The molecule has 0 bridgehead atoms. The number of nitrogens with one attached hydrogen (secondary N) is 2. The minimum atomic E-state index is -4.46. The highest BCUT2D eigenvalue weighted by molar-refractivity contribution is 7.71. The van der Waals surface area contributed by atoms with E-state index in [2.05, 4.69) is 4.98 Å². The Bertz CT molecular complexity index is 870. The number of hydrogen-bond acceptors (Lipinski definition) is 3. The molecule has 1 saturated heterocycles. The molecule has 0 saturated carbocycles. The lowest BCUT2D eigenvalue weighted by Gasteiger charge is -2.23. The van der Waals surface area contributed by atoms with E-state index in [4.69, 9.17) is 17.0 Å². The van der Waals surface area contributed by atoms with Gasteiger partial charge in [-0.1, -0.05) is 0 Å². The SMILES string of the molecule is O=c1c2ccc(C(F)(F)F)cc2[nH]c(=S)n1CCC[NH+]1CCOCC1. The summed E-state index contributed by atoms with van der Waals surface area (Å²) < 4.78 is 45.3. The van der Waals surface area contributed by atoms with Crippen LogP contribution in [0.2, 0.25) is 0 Å². The van der Waals surface area contributed by atoms with Gasteiger partial charge in [0.05, 0.1) is 36.2 Å². The number of rotatable bonds is 4. The van der Waals surface area contributed by atoms with Gasteiger partial charge in [-0.05, 0) is 30.4 Å². The third kappa shape index (κ3) is 4.10. The Labute approximate surface area is 147 Å². The predicted molar refractivity (Wildman–Crippen MR) is 89.4 cm³/mol. The average molecular weight is 374 g/mol. The number of aromatic nitrogens is 2. The Morgan fingerprint density at radius 2 is 2.00 bits per heavy atom. The van der Waals surface area contributed by atoms with Crippen molar-refractivity contribution in [1.82, 2.24) is 9.55 Å². The highest BCUT2D eigenvalue weighted by Gasteiger charge is 2.30. The second-order valence-electron chi connectivity index (χ2n) is 6.11. The molecule has 0 unspecified atom stereocenters. The molecule has 0 atom stereocenters. The second-order valence-corrected chi connectivity index (χ2v) is 6.50. The summed E-state index contributed by atoms with van der Waals surface area (Å²) in [5.41, 5.74) is -1.05. The molecule has 0 amide bonds. The smallest absolute Gasteiger partial charge is 0.370 e. The van der Waals surface area contributed by atoms with Crippen LogP contribution in [0, 0.1) is 4.77 Å². The highest BCUT2D eigenvalue weighted by atomic mass is 32.1. The Morgan fingerprint density at radius 1 is 1.28 bits per heavy atom.